The fourth-order valence-electron chi connectivity index (χ4n) is 3.28. The Balaban J connectivity index is 2.01. The molecule has 1 amide bonds. The van der Waals surface area contributed by atoms with Gasteiger partial charge in [0.15, 0.2) is 0 Å². The summed E-state index contributed by atoms with van der Waals surface area (Å²) in [4.78, 5) is 15.4. The molecule has 29 heavy (non-hydrogen) atoms. The molecule has 0 saturated heterocycles. The van der Waals surface area contributed by atoms with Crippen LogP contribution in [0.4, 0.5) is 11.4 Å². The number of carbonyl (C=O) groups excluding carboxylic acids is 1. The van der Waals surface area contributed by atoms with Gasteiger partial charge < -0.3 is 9.84 Å². The lowest BCUT2D eigenvalue weighted by Crippen LogP contribution is -2.22. The quantitative estimate of drug-likeness (QED) is 0.401. The predicted octanol–water partition coefficient (Wildman–Crippen LogP) is 6.62. The summed E-state index contributed by atoms with van der Waals surface area (Å²) >= 11 is 7.67. The highest BCUT2D eigenvalue weighted by Crippen LogP contribution is 2.48. The van der Waals surface area contributed by atoms with E-state index in [0.29, 0.717) is 10.7 Å². The predicted molar refractivity (Wildman–Crippen MR) is 120 cm³/mol. The number of phenols is 1. The number of nitrogens with zero attached hydrogens (tertiary/aromatic N) is 1. The smallest absolute Gasteiger partial charge is 0.228 e. The summed E-state index contributed by atoms with van der Waals surface area (Å²) < 4.78 is 6.39. The Labute approximate surface area is 177 Å². The zero-order valence-electron chi connectivity index (χ0n) is 15.8. The normalized spacial score (nSPS) is 10.9. The number of rotatable bonds is 4. The van der Waals surface area contributed by atoms with Crippen LogP contribution in [0.3, 0.4) is 0 Å². The van der Waals surface area contributed by atoms with E-state index in [9.17, 15) is 9.90 Å². The Morgan fingerprint density at radius 2 is 1.72 bits per heavy atom. The van der Waals surface area contributed by atoms with Crippen LogP contribution in [0.15, 0.2) is 66.7 Å². The Kier molecular flexibility index (Phi) is 5.18. The first-order valence-electron chi connectivity index (χ1n) is 8.94. The first-order valence-corrected chi connectivity index (χ1v) is 10.1. The van der Waals surface area contributed by atoms with Crippen molar-refractivity contribution in [3.8, 4) is 21.9 Å². The summed E-state index contributed by atoms with van der Waals surface area (Å²) in [7, 11) is 1.63. The molecule has 4 aromatic rings. The number of ether oxygens (including phenoxy) is 1. The number of halogens is 1. The highest BCUT2D eigenvalue weighted by molar-refractivity contribution is 7.23. The Bertz CT molecular complexity index is 1180. The summed E-state index contributed by atoms with van der Waals surface area (Å²) in [6, 6.07) is 20.0. The van der Waals surface area contributed by atoms with Crippen molar-refractivity contribution in [2.75, 3.05) is 12.0 Å². The SMILES string of the molecule is COc1ccc2c(N(C(C)=O)c3ccc(O)cc3)c(-c3ccc(Cl)cc3)sc2c1. The minimum Gasteiger partial charge on any atom is -0.508 e. The maximum absolute atomic E-state index is 12.8. The van der Waals surface area contributed by atoms with Crippen LogP contribution in [0.1, 0.15) is 6.92 Å². The molecule has 3 aromatic carbocycles. The van der Waals surface area contributed by atoms with Crippen molar-refractivity contribution in [2.45, 2.75) is 6.92 Å². The largest absolute Gasteiger partial charge is 0.508 e. The van der Waals surface area contributed by atoms with Crippen molar-refractivity contribution >= 4 is 50.3 Å². The molecule has 0 radical (unpaired) electrons. The average molecular weight is 424 g/mol. The van der Waals surface area contributed by atoms with Gasteiger partial charge >= 0.3 is 0 Å². The van der Waals surface area contributed by atoms with Crippen LogP contribution in [-0.2, 0) is 4.79 Å². The zero-order chi connectivity index (χ0) is 20.5. The number of benzene rings is 3. The molecule has 0 saturated carbocycles. The highest BCUT2D eigenvalue weighted by Gasteiger charge is 2.24. The number of hydrogen-bond acceptors (Lipinski definition) is 4. The molecular weight excluding hydrogens is 406 g/mol. The minimum atomic E-state index is -0.124. The van der Waals surface area contributed by atoms with E-state index in [4.69, 9.17) is 16.3 Å². The molecule has 4 nitrogen and oxygen atoms in total. The fraction of sp³-hybridized carbons (Fsp3) is 0.0870. The number of anilines is 2. The van der Waals surface area contributed by atoms with Crippen LogP contribution in [0, 0.1) is 0 Å². The van der Waals surface area contributed by atoms with Crippen LogP contribution < -0.4 is 9.64 Å². The third-order valence-electron chi connectivity index (χ3n) is 4.62. The van der Waals surface area contributed by atoms with Crippen LogP contribution in [0.2, 0.25) is 5.02 Å². The first-order chi connectivity index (χ1) is 14.0. The maximum atomic E-state index is 12.8. The van der Waals surface area contributed by atoms with Crippen molar-refractivity contribution in [3.05, 3.63) is 71.8 Å². The number of phenolic OH excluding ortho intramolecular Hbond substituents is 1. The number of amides is 1. The van der Waals surface area contributed by atoms with E-state index in [1.165, 1.54) is 6.92 Å². The maximum Gasteiger partial charge on any atom is 0.228 e. The summed E-state index contributed by atoms with van der Waals surface area (Å²) in [5, 5.41) is 11.3. The van der Waals surface area contributed by atoms with Crippen molar-refractivity contribution in [1.82, 2.24) is 0 Å². The minimum absolute atomic E-state index is 0.124. The van der Waals surface area contributed by atoms with Crippen molar-refractivity contribution < 1.29 is 14.6 Å². The second-order valence-electron chi connectivity index (χ2n) is 6.52. The number of thiophene rings is 1. The monoisotopic (exact) mass is 423 g/mol. The molecule has 4 rings (SSSR count). The number of fused-ring (bicyclic) bond motifs is 1. The van der Waals surface area contributed by atoms with Gasteiger partial charge in [0.25, 0.3) is 0 Å². The van der Waals surface area contributed by atoms with Gasteiger partial charge in [0, 0.05) is 27.7 Å². The van der Waals surface area contributed by atoms with E-state index in [2.05, 4.69) is 0 Å². The van der Waals surface area contributed by atoms with Crippen LogP contribution in [-0.4, -0.2) is 18.1 Å². The van der Waals surface area contributed by atoms with E-state index in [0.717, 1.165) is 32.0 Å². The third-order valence-corrected chi connectivity index (χ3v) is 6.07. The molecule has 0 fully saturated rings. The third kappa shape index (κ3) is 3.67. The van der Waals surface area contributed by atoms with Crippen molar-refractivity contribution in [3.63, 3.8) is 0 Å². The highest BCUT2D eigenvalue weighted by atomic mass is 35.5. The second-order valence-corrected chi connectivity index (χ2v) is 8.01. The first kappa shape index (κ1) is 19.3. The average Bonchev–Trinajstić information content (AvgIpc) is 3.08. The van der Waals surface area contributed by atoms with Crippen molar-refractivity contribution in [2.24, 2.45) is 0 Å². The lowest BCUT2D eigenvalue weighted by atomic mass is 10.1. The number of aromatic hydroxyl groups is 1. The molecular formula is C23H18ClNO3S. The summed E-state index contributed by atoms with van der Waals surface area (Å²) in [5.74, 6) is 0.781. The van der Waals surface area contributed by atoms with Gasteiger partial charge in [-0.3, -0.25) is 9.69 Å². The lowest BCUT2D eigenvalue weighted by molar-refractivity contribution is -0.115. The number of hydrogen-bond donors (Lipinski definition) is 1. The van der Waals surface area contributed by atoms with E-state index >= 15 is 0 Å². The molecule has 0 unspecified atom stereocenters. The molecule has 1 heterocycles. The molecule has 146 valence electrons. The number of carbonyl (C=O) groups is 1. The Morgan fingerprint density at radius 1 is 1.03 bits per heavy atom. The van der Waals surface area contributed by atoms with Crippen LogP contribution in [0.25, 0.3) is 20.5 Å². The summed E-state index contributed by atoms with van der Waals surface area (Å²) in [5.41, 5.74) is 2.45. The van der Waals surface area contributed by atoms with Gasteiger partial charge in [-0.1, -0.05) is 23.7 Å². The molecule has 0 aliphatic heterocycles. The Hall–Kier alpha value is -3.02. The Morgan fingerprint density at radius 3 is 2.34 bits per heavy atom. The molecule has 0 spiro atoms. The van der Waals surface area contributed by atoms with E-state index in [1.807, 2.05) is 42.5 Å². The topological polar surface area (TPSA) is 49.8 Å². The number of methoxy groups -OCH3 is 1. The zero-order valence-corrected chi connectivity index (χ0v) is 17.4. The van der Waals surface area contributed by atoms with Gasteiger partial charge in [0.2, 0.25) is 5.91 Å². The van der Waals surface area contributed by atoms with Gasteiger partial charge in [0.1, 0.15) is 11.5 Å². The fourth-order valence-corrected chi connectivity index (χ4v) is 4.63. The van der Waals surface area contributed by atoms with Crippen molar-refractivity contribution in [1.29, 1.82) is 0 Å². The van der Waals surface area contributed by atoms with E-state index < -0.39 is 0 Å². The van der Waals surface area contributed by atoms with Crippen LogP contribution >= 0.6 is 22.9 Å². The molecule has 0 aliphatic rings. The van der Waals surface area contributed by atoms with E-state index in [1.54, 1.807) is 47.6 Å². The molecule has 0 bridgehead atoms. The second kappa shape index (κ2) is 7.78. The lowest BCUT2D eigenvalue weighted by Gasteiger charge is -2.23. The van der Waals surface area contributed by atoms with E-state index in [-0.39, 0.29) is 11.7 Å². The molecule has 0 aliphatic carbocycles. The summed E-state index contributed by atoms with van der Waals surface area (Å²) in [6.45, 7) is 1.53. The molecule has 0 atom stereocenters. The molecule has 1 N–H and O–H groups in total. The standard InChI is InChI=1S/C23H18ClNO3S/c1-14(26)25(17-7-9-18(27)10-8-17)22-20-12-11-19(28-2)13-21(20)29-23(22)15-3-5-16(24)6-4-15/h3-13,27H,1-2H3. The van der Waals surface area contributed by atoms with Gasteiger partial charge in [-0.05, 0) is 60.2 Å². The molecule has 6 heteroatoms. The van der Waals surface area contributed by atoms with Gasteiger partial charge in [-0.2, -0.15) is 0 Å². The van der Waals surface area contributed by atoms with Crippen LogP contribution in [0.5, 0.6) is 11.5 Å². The summed E-state index contributed by atoms with van der Waals surface area (Å²) in [6.07, 6.45) is 0. The van der Waals surface area contributed by atoms with Gasteiger partial charge in [-0.25, -0.2) is 0 Å². The van der Waals surface area contributed by atoms with Gasteiger partial charge in [-0.15, -0.1) is 11.3 Å². The van der Waals surface area contributed by atoms with Gasteiger partial charge in [0.05, 0.1) is 17.7 Å². The molecule has 1 aromatic heterocycles.